The fraction of sp³-hybridized carbons (Fsp3) is 0.0769. The van der Waals surface area contributed by atoms with Crippen molar-refractivity contribution in [3.63, 3.8) is 0 Å². The third kappa shape index (κ3) is 2.75. The standard InChI is InChI=1S/C13H7Cl4F/c14-7-4-5-10(15)9(6-7)12(16)8-2-1-3-11(18)13(8)17/h1-6,12H. The van der Waals surface area contributed by atoms with Crippen LogP contribution in [0, 0.1) is 5.82 Å². The first-order chi connectivity index (χ1) is 8.50. The highest BCUT2D eigenvalue weighted by molar-refractivity contribution is 6.36. The van der Waals surface area contributed by atoms with Crippen LogP contribution in [0.15, 0.2) is 36.4 Å². The summed E-state index contributed by atoms with van der Waals surface area (Å²) in [5.41, 5.74) is 1.06. The van der Waals surface area contributed by atoms with Gasteiger partial charge in [-0.2, -0.15) is 0 Å². The fourth-order valence-electron chi connectivity index (χ4n) is 1.59. The van der Waals surface area contributed by atoms with Gasteiger partial charge in [0.15, 0.2) is 0 Å². The molecule has 2 aromatic rings. The van der Waals surface area contributed by atoms with Gasteiger partial charge >= 0.3 is 0 Å². The van der Waals surface area contributed by atoms with Gasteiger partial charge in [0.2, 0.25) is 0 Å². The highest BCUT2D eigenvalue weighted by atomic mass is 35.5. The van der Waals surface area contributed by atoms with Crippen molar-refractivity contribution in [1.82, 2.24) is 0 Å². The van der Waals surface area contributed by atoms with Crippen LogP contribution >= 0.6 is 46.4 Å². The minimum atomic E-state index is -0.653. The van der Waals surface area contributed by atoms with Crippen molar-refractivity contribution in [1.29, 1.82) is 0 Å². The van der Waals surface area contributed by atoms with E-state index in [0.717, 1.165) is 0 Å². The van der Waals surface area contributed by atoms with Gasteiger partial charge in [0.25, 0.3) is 0 Å². The van der Waals surface area contributed by atoms with Crippen molar-refractivity contribution in [3.8, 4) is 0 Å². The minimum Gasteiger partial charge on any atom is -0.205 e. The summed E-state index contributed by atoms with van der Waals surface area (Å²) in [7, 11) is 0. The van der Waals surface area contributed by atoms with Crippen LogP contribution in [-0.2, 0) is 0 Å². The molecule has 0 saturated carbocycles. The van der Waals surface area contributed by atoms with Crippen LogP contribution in [0.4, 0.5) is 4.39 Å². The zero-order valence-electron chi connectivity index (χ0n) is 8.93. The SMILES string of the molecule is Fc1cccc(C(Cl)c2cc(Cl)ccc2Cl)c1Cl. The van der Waals surface area contributed by atoms with Crippen molar-refractivity contribution in [3.05, 3.63) is 68.4 Å². The smallest absolute Gasteiger partial charge is 0.142 e. The molecule has 0 aliphatic carbocycles. The minimum absolute atomic E-state index is 0.00598. The molecule has 0 nitrogen and oxygen atoms in total. The van der Waals surface area contributed by atoms with Crippen LogP contribution in [0.2, 0.25) is 15.1 Å². The lowest BCUT2D eigenvalue weighted by atomic mass is 10.0. The molecule has 0 fully saturated rings. The number of halogens is 5. The van der Waals surface area contributed by atoms with Gasteiger partial charge in [0.05, 0.1) is 10.4 Å². The molecule has 0 bridgehead atoms. The summed E-state index contributed by atoms with van der Waals surface area (Å²) in [6, 6.07) is 9.41. The second-order valence-electron chi connectivity index (χ2n) is 3.67. The first-order valence-electron chi connectivity index (χ1n) is 5.03. The molecule has 0 saturated heterocycles. The van der Waals surface area contributed by atoms with Gasteiger partial charge in [-0.1, -0.05) is 46.9 Å². The normalized spacial score (nSPS) is 12.5. The number of rotatable bonds is 2. The summed E-state index contributed by atoms with van der Waals surface area (Å²) in [4.78, 5) is 0. The predicted octanol–water partition coefficient (Wildman–Crippen LogP) is 6.11. The van der Waals surface area contributed by atoms with Gasteiger partial charge in [-0.05, 0) is 35.4 Å². The van der Waals surface area contributed by atoms with Crippen molar-refractivity contribution in [2.75, 3.05) is 0 Å². The van der Waals surface area contributed by atoms with Crippen LogP contribution < -0.4 is 0 Å². The Morgan fingerprint density at radius 1 is 0.944 bits per heavy atom. The zero-order valence-corrected chi connectivity index (χ0v) is 12.0. The summed E-state index contributed by atoms with van der Waals surface area (Å²) < 4.78 is 13.4. The molecular weight excluding hydrogens is 317 g/mol. The quantitative estimate of drug-likeness (QED) is 0.584. The highest BCUT2D eigenvalue weighted by Gasteiger charge is 2.19. The summed E-state index contributed by atoms with van der Waals surface area (Å²) in [5, 5.41) is 0.306. The molecular formula is C13H7Cl4F. The van der Waals surface area contributed by atoms with Crippen LogP contribution in [0.5, 0.6) is 0 Å². The molecule has 0 aliphatic rings. The molecule has 94 valence electrons. The average Bonchev–Trinajstić information content (AvgIpc) is 2.35. The van der Waals surface area contributed by atoms with E-state index in [2.05, 4.69) is 0 Å². The Labute approximate surface area is 124 Å². The Bertz CT molecular complexity index is 581. The Balaban J connectivity index is 2.51. The highest BCUT2D eigenvalue weighted by Crippen LogP contribution is 2.38. The van der Waals surface area contributed by atoms with Crippen molar-refractivity contribution >= 4 is 46.4 Å². The lowest BCUT2D eigenvalue weighted by Crippen LogP contribution is -1.97. The molecule has 0 aliphatic heterocycles. The summed E-state index contributed by atoms with van der Waals surface area (Å²) in [6.45, 7) is 0. The topological polar surface area (TPSA) is 0 Å². The lowest BCUT2D eigenvalue weighted by molar-refractivity contribution is 0.626. The number of alkyl halides is 1. The van der Waals surface area contributed by atoms with Crippen molar-refractivity contribution < 1.29 is 4.39 Å². The van der Waals surface area contributed by atoms with Gasteiger partial charge in [0.1, 0.15) is 5.82 Å². The lowest BCUT2D eigenvalue weighted by Gasteiger charge is -2.14. The maximum absolute atomic E-state index is 13.4. The Morgan fingerprint density at radius 2 is 1.67 bits per heavy atom. The molecule has 2 rings (SSSR count). The van der Waals surface area contributed by atoms with Crippen LogP contribution in [0.3, 0.4) is 0 Å². The first-order valence-corrected chi connectivity index (χ1v) is 6.60. The maximum atomic E-state index is 13.4. The number of hydrogen-bond donors (Lipinski definition) is 0. The van der Waals surface area contributed by atoms with Gasteiger partial charge in [0, 0.05) is 10.0 Å². The summed E-state index contributed by atoms with van der Waals surface area (Å²) in [5.74, 6) is -0.516. The average molecular weight is 324 g/mol. The van der Waals surface area contributed by atoms with Gasteiger partial charge in [-0.25, -0.2) is 4.39 Å². The van der Waals surface area contributed by atoms with E-state index in [0.29, 0.717) is 21.2 Å². The first kappa shape index (κ1) is 14.0. The molecule has 0 spiro atoms. The van der Waals surface area contributed by atoms with E-state index in [1.807, 2.05) is 0 Å². The van der Waals surface area contributed by atoms with E-state index in [4.69, 9.17) is 46.4 Å². The second-order valence-corrected chi connectivity index (χ2v) is 5.33. The van der Waals surface area contributed by atoms with E-state index in [9.17, 15) is 4.39 Å². The van der Waals surface area contributed by atoms with Crippen LogP contribution in [0.1, 0.15) is 16.5 Å². The third-order valence-electron chi connectivity index (χ3n) is 2.49. The Kier molecular flexibility index (Phi) is 4.39. The number of hydrogen-bond acceptors (Lipinski definition) is 0. The Hall–Kier alpha value is -0.470. The molecule has 1 unspecified atom stereocenters. The fourth-order valence-corrected chi connectivity index (χ4v) is 2.71. The summed E-state index contributed by atoms with van der Waals surface area (Å²) >= 11 is 24.1. The molecule has 0 N–H and O–H groups in total. The van der Waals surface area contributed by atoms with Crippen LogP contribution in [0.25, 0.3) is 0 Å². The number of benzene rings is 2. The van der Waals surface area contributed by atoms with Gasteiger partial charge in [-0.15, -0.1) is 11.6 Å². The van der Waals surface area contributed by atoms with Crippen molar-refractivity contribution in [2.24, 2.45) is 0 Å². The molecule has 1 atom stereocenters. The molecule has 5 heteroatoms. The monoisotopic (exact) mass is 322 g/mol. The largest absolute Gasteiger partial charge is 0.205 e. The molecule has 0 radical (unpaired) electrons. The van der Waals surface area contributed by atoms with E-state index < -0.39 is 11.2 Å². The van der Waals surface area contributed by atoms with E-state index in [1.165, 1.54) is 6.07 Å². The van der Waals surface area contributed by atoms with Crippen LogP contribution in [-0.4, -0.2) is 0 Å². The van der Waals surface area contributed by atoms with E-state index >= 15 is 0 Å². The molecule has 18 heavy (non-hydrogen) atoms. The second kappa shape index (κ2) is 5.66. The zero-order chi connectivity index (χ0) is 13.3. The van der Waals surface area contributed by atoms with Gasteiger partial charge < -0.3 is 0 Å². The molecule has 0 amide bonds. The maximum Gasteiger partial charge on any atom is 0.142 e. The Morgan fingerprint density at radius 3 is 2.39 bits per heavy atom. The van der Waals surface area contributed by atoms with Crippen molar-refractivity contribution in [2.45, 2.75) is 5.38 Å². The molecule has 2 aromatic carbocycles. The molecule has 0 aromatic heterocycles. The third-order valence-corrected chi connectivity index (χ3v) is 3.93. The van der Waals surface area contributed by atoms with E-state index in [1.54, 1.807) is 30.3 Å². The predicted molar refractivity (Wildman–Crippen MR) is 75.6 cm³/mol. The van der Waals surface area contributed by atoms with E-state index in [-0.39, 0.29) is 5.02 Å². The molecule has 0 heterocycles. The van der Waals surface area contributed by atoms with Gasteiger partial charge in [-0.3, -0.25) is 0 Å². The summed E-state index contributed by atoms with van der Waals surface area (Å²) in [6.07, 6.45) is 0.